The molecule has 2 saturated carbocycles. The van der Waals surface area contributed by atoms with Gasteiger partial charge in [-0.2, -0.15) is 0 Å². The summed E-state index contributed by atoms with van der Waals surface area (Å²) in [5.74, 6) is -4.94. The maximum atomic E-state index is 12.1. The van der Waals surface area contributed by atoms with Crippen LogP contribution in [0, 0.1) is 0 Å². The average molecular weight is 352 g/mol. The van der Waals surface area contributed by atoms with Crippen LogP contribution < -0.4 is 0 Å². The number of ether oxygens (including phenoxy) is 2. The summed E-state index contributed by atoms with van der Waals surface area (Å²) in [6.07, 6.45) is 6.72. The molecule has 25 heavy (non-hydrogen) atoms. The van der Waals surface area contributed by atoms with E-state index < -0.39 is 23.5 Å². The molecule has 2 aliphatic carbocycles. The van der Waals surface area contributed by atoms with Gasteiger partial charge in [0.1, 0.15) is 0 Å². The Bertz CT molecular complexity index is 569. The second kappa shape index (κ2) is 7.17. The van der Waals surface area contributed by atoms with E-state index in [1.807, 2.05) is 0 Å². The van der Waals surface area contributed by atoms with Gasteiger partial charge in [0.2, 0.25) is 23.1 Å². The molecular formula is C18H24O7. The molecule has 0 bridgehead atoms. The molecule has 138 valence electrons. The zero-order chi connectivity index (χ0) is 17.9. The van der Waals surface area contributed by atoms with Crippen molar-refractivity contribution in [3.63, 3.8) is 0 Å². The van der Waals surface area contributed by atoms with Crippen LogP contribution in [0.15, 0.2) is 16.5 Å². The van der Waals surface area contributed by atoms with E-state index in [1.54, 1.807) is 0 Å². The van der Waals surface area contributed by atoms with Crippen molar-refractivity contribution in [3.05, 3.63) is 23.7 Å². The average Bonchev–Trinajstić information content (AvgIpc) is 3.06. The number of aliphatic hydroxyl groups is 2. The number of rotatable bonds is 4. The molecule has 1 aromatic heterocycles. The monoisotopic (exact) mass is 352 g/mol. The quantitative estimate of drug-likeness (QED) is 0.634. The van der Waals surface area contributed by atoms with Crippen molar-refractivity contribution in [3.8, 4) is 0 Å². The molecule has 0 saturated heterocycles. The lowest BCUT2D eigenvalue weighted by atomic mass is 9.94. The Hall–Kier alpha value is -1.86. The van der Waals surface area contributed by atoms with Gasteiger partial charge >= 0.3 is 11.9 Å². The molecule has 2 fully saturated rings. The minimum Gasteiger partial charge on any atom is -0.442 e. The second-order valence-electron chi connectivity index (χ2n) is 6.96. The predicted octanol–water partition coefficient (Wildman–Crippen LogP) is 2.90. The normalized spacial score (nSPS) is 22.2. The highest BCUT2D eigenvalue weighted by atomic mass is 16.7. The summed E-state index contributed by atoms with van der Waals surface area (Å²) in [5.41, 5.74) is 0. The van der Waals surface area contributed by atoms with Crippen molar-refractivity contribution < 1.29 is 33.7 Å². The summed E-state index contributed by atoms with van der Waals surface area (Å²) >= 11 is 0. The Morgan fingerprint density at radius 1 is 0.760 bits per heavy atom. The molecule has 7 heteroatoms. The fraction of sp³-hybridized carbons (Fsp3) is 0.667. The van der Waals surface area contributed by atoms with Crippen LogP contribution in [0.1, 0.15) is 85.3 Å². The molecule has 2 aliphatic rings. The Morgan fingerprint density at radius 2 is 1.12 bits per heavy atom. The van der Waals surface area contributed by atoms with Gasteiger partial charge in [0, 0.05) is 25.7 Å². The van der Waals surface area contributed by atoms with Gasteiger partial charge in [0.15, 0.2) is 0 Å². The second-order valence-corrected chi connectivity index (χ2v) is 6.96. The minimum absolute atomic E-state index is 0.179. The molecule has 0 radical (unpaired) electrons. The number of carbonyl (C=O) groups excluding carboxylic acids is 2. The minimum atomic E-state index is -1.47. The lowest BCUT2D eigenvalue weighted by molar-refractivity contribution is -0.184. The first-order valence-electron chi connectivity index (χ1n) is 8.91. The van der Waals surface area contributed by atoms with Crippen LogP contribution in [0.3, 0.4) is 0 Å². The van der Waals surface area contributed by atoms with Crippen molar-refractivity contribution in [2.24, 2.45) is 0 Å². The number of esters is 2. The summed E-state index contributed by atoms with van der Waals surface area (Å²) in [6.45, 7) is 0. The van der Waals surface area contributed by atoms with Crippen LogP contribution in [0.5, 0.6) is 0 Å². The van der Waals surface area contributed by atoms with E-state index in [0.717, 1.165) is 38.5 Å². The Morgan fingerprint density at radius 3 is 1.48 bits per heavy atom. The van der Waals surface area contributed by atoms with E-state index in [2.05, 4.69) is 0 Å². The number of hydrogen-bond donors (Lipinski definition) is 2. The van der Waals surface area contributed by atoms with Gasteiger partial charge in [-0.1, -0.05) is 12.8 Å². The van der Waals surface area contributed by atoms with Gasteiger partial charge in [-0.15, -0.1) is 0 Å². The van der Waals surface area contributed by atoms with Crippen molar-refractivity contribution >= 4 is 11.9 Å². The molecular weight excluding hydrogens is 328 g/mol. The molecule has 0 unspecified atom stereocenters. The summed E-state index contributed by atoms with van der Waals surface area (Å²) in [7, 11) is 0. The first-order valence-corrected chi connectivity index (χ1v) is 8.91. The lowest BCUT2D eigenvalue weighted by Crippen LogP contribution is -2.37. The standard InChI is InChI=1S/C18H24O7/c19-15(24-17(21)9-3-1-4-10-17)13-7-8-14(23-13)16(20)25-18(22)11-5-2-6-12-18/h7-8,21-22H,1-6,9-12H2. The molecule has 0 atom stereocenters. The zero-order valence-corrected chi connectivity index (χ0v) is 14.2. The van der Waals surface area contributed by atoms with Crippen LogP contribution in [0.4, 0.5) is 0 Å². The van der Waals surface area contributed by atoms with Gasteiger partial charge in [0.05, 0.1) is 0 Å². The lowest BCUT2D eigenvalue weighted by Gasteiger charge is -2.31. The highest BCUT2D eigenvalue weighted by Crippen LogP contribution is 2.31. The molecule has 7 nitrogen and oxygen atoms in total. The van der Waals surface area contributed by atoms with Crippen LogP contribution >= 0.6 is 0 Å². The van der Waals surface area contributed by atoms with Crippen molar-refractivity contribution in [1.29, 1.82) is 0 Å². The fourth-order valence-electron chi connectivity index (χ4n) is 3.42. The number of carbonyl (C=O) groups is 2. The third-order valence-corrected chi connectivity index (χ3v) is 4.84. The summed E-state index contributed by atoms with van der Waals surface area (Å²) < 4.78 is 15.5. The highest BCUT2D eigenvalue weighted by molar-refractivity contribution is 5.91. The molecule has 0 aliphatic heterocycles. The van der Waals surface area contributed by atoms with E-state index in [4.69, 9.17) is 13.9 Å². The van der Waals surface area contributed by atoms with Crippen molar-refractivity contribution in [2.45, 2.75) is 75.8 Å². The molecule has 3 rings (SSSR count). The van der Waals surface area contributed by atoms with E-state index in [9.17, 15) is 19.8 Å². The first-order chi connectivity index (χ1) is 11.9. The van der Waals surface area contributed by atoms with E-state index in [-0.39, 0.29) is 11.5 Å². The molecule has 1 aromatic rings. The number of hydrogen-bond acceptors (Lipinski definition) is 7. The summed E-state index contributed by atoms with van der Waals surface area (Å²) in [5, 5.41) is 20.5. The molecule has 0 aromatic carbocycles. The van der Waals surface area contributed by atoms with Crippen LogP contribution in [0.25, 0.3) is 0 Å². The van der Waals surface area contributed by atoms with Gasteiger partial charge in [-0.05, 0) is 37.8 Å². The van der Waals surface area contributed by atoms with Crippen molar-refractivity contribution in [2.75, 3.05) is 0 Å². The topological polar surface area (TPSA) is 106 Å². The van der Waals surface area contributed by atoms with Crippen LogP contribution in [-0.4, -0.2) is 33.7 Å². The molecule has 1 heterocycles. The van der Waals surface area contributed by atoms with Gasteiger partial charge in [-0.3, -0.25) is 0 Å². The smallest absolute Gasteiger partial charge is 0.376 e. The largest absolute Gasteiger partial charge is 0.442 e. The summed E-state index contributed by atoms with van der Waals surface area (Å²) in [4.78, 5) is 24.3. The molecule has 0 spiro atoms. The summed E-state index contributed by atoms with van der Waals surface area (Å²) in [6, 6.07) is 2.60. The predicted molar refractivity (Wildman–Crippen MR) is 85.6 cm³/mol. The number of furan rings is 1. The molecule has 2 N–H and O–H groups in total. The van der Waals surface area contributed by atoms with Gasteiger partial charge in [-0.25, -0.2) is 9.59 Å². The first kappa shape index (κ1) is 17.9. The Balaban J connectivity index is 1.61. The van der Waals surface area contributed by atoms with Gasteiger partial charge in [0.25, 0.3) is 0 Å². The maximum absolute atomic E-state index is 12.1. The Kier molecular flexibility index (Phi) is 5.15. The molecule has 0 amide bonds. The third-order valence-electron chi connectivity index (χ3n) is 4.84. The maximum Gasteiger partial charge on any atom is 0.376 e. The van der Waals surface area contributed by atoms with E-state index >= 15 is 0 Å². The fourth-order valence-corrected chi connectivity index (χ4v) is 3.42. The van der Waals surface area contributed by atoms with Gasteiger partial charge < -0.3 is 24.1 Å². The zero-order valence-electron chi connectivity index (χ0n) is 14.2. The highest BCUT2D eigenvalue weighted by Gasteiger charge is 2.36. The Labute approximate surface area is 145 Å². The van der Waals surface area contributed by atoms with Crippen LogP contribution in [-0.2, 0) is 9.47 Å². The van der Waals surface area contributed by atoms with Crippen molar-refractivity contribution in [1.82, 2.24) is 0 Å². The van der Waals surface area contributed by atoms with E-state index in [0.29, 0.717) is 25.7 Å². The van der Waals surface area contributed by atoms with Crippen LogP contribution in [0.2, 0.25) is 0 Å². The SMILES string of the molecule is O=C(OC1(O)CCCCC1)c1ccc(C(=O)OC2(O)CCCCC2)o1. The third kappa shape index (κ3) is 4.41. The van der Waals surface area contributed by atoms with E-state index in [1.165, 1.54) is 12.1 Å².